The van der Waals surface area contributed by atoms with Crippen molar-refractivity contribution in [2.75, 3.05) is 19.8 Å². The molecular weight excluding hydrogens is 316 g/mol. The standard InChI is InChI=1S/C12H13BrN2O4/c1-8-7-19-5-4-14(8)12(16)9-2-3-10(13)11(6-9)15(17)18/h2-3,6,8H,4-5,7H2,1H3. The monoisotopic (exact) mass is 328 g/mol. The Balaban J connectivity index is 2.28. The molecule has 0 aliphatic carbocycles. The Morgan fingerprint density at radius 3 is 2.95 bits per heavy atom. The topological polar surface area (TPSA) is 72.7 Å². The van der Waals surface area contributed by atoms with Crippen LogP contribution < -0.4 is 0 Å². The Hall–Kier alpha value is -1.47. The zero-order valence-corrected chi connectivity index (χ0v) is 11.9. The molecule has 1 fully saturated rings. The first kappa shape index (κ1) is 14.0. The van der Waals surface area contributed by atoms with E-state index in [0.717, 1.165) is 0 Å². The summed E-state index contributed by atoms with van der Waals surface area (Å²) >= 11 is 3.10. The first-order valence-corrected chi connectivity index (χ1v) is 6.62. The predicted octanol–water partition coefficient (Wildman–Crippen LogP) is 2.22. The fourth-order valence-corrected chi connectivity index (χ4v) is 2.37. The predicted molar refractivity (Wildman–Crippen MR) is 72.1 cm³/mol. The van der Waals surface area contributed by atoms with E-state index >= 15 is 0 Å². The number of nitro benzene ring substituents is 1. The van der Waals surface area contributed by atoms with Crippen LogP contribution in [0.5, 0.6) is 0 Å². The van der Waals surface area contributed by atoms with Crippen molar-refractivity contribution in [2.24, 2.45) is 0 Å². The third-order valence-electron chi connectivity index (χ3n) is 3.02. The maximum atomic E-state index is 12.3. The Morgan fingerprint density at radius 1 is 1.58 bits per heavy atom. The molecule has 1 aromatic rings. The molecule has 0 aromatic heterocycles. The average Bonchev–Trinajstić information content (AvgIpc) is 2.38. The van der Waals surface area contributed by atoms with Crippen molar-refractivity contribution in [2.45, 2.75) is 13.0 Å². The molecule has 19 heavy (non-hydrogen) atoms. The SMILES string of the molecule is CC1COCCN1C(=O)c1ccc(Br)c([N+](=O)[O-])c1. The van der Waals surface area contributed by atoms with E-state index in [2.05, 4.69) is 15.9 Å². The van der Waals surface area contributed by atoms with Gasteiger partial charge in [-0.3, -0.25) is 14.9 Å². The maximum Gasteiger partial charge on any atom is 0.284 e. The van der Waals surface area contributed by atoms with Gasteiger partial charge in [0.1, 0.15) is 0 Å². The number of hydrogen-bond donors (Lipinski definition) is 0. The lowest BCUT2D eigenvalue weighted by Crippen LogP contribution is -2.47. The Kier molecular flexibility index (Phi) is 4.16. The van der Waals surface area contributed by atoms with Crippen molar-refractivity contribution in [3.8, 4) is 0 Å². The van der Waals surface area contributed by atoms with Crippen molar-refractivity contribution >= 4 is 27.5 Å². The first-order valence-electron chi connectivity index (χ1n) is 5.83. The van der Waals surface area contributed by atoms with Gasteiger partial charge in [-0.2, -0.15) is 0 Å². The highest BCUT2D eigenvalue weighted by Crippen LogP contribution is 2.26. The number of morpholine rings is 1. The Bertz CT molecular complexity index is 520. The van der Waals surface area contributed by atoms with Crippen LogP contribution in [0.3, 0.4) is 0 Å². The molecule has 2 rings (SSSR count). The van der Waals surface area contributed by atoms with E-state index in [9.17, 15) is 14.9 Å². The molecule has 0 saturated carbocycles. The van der Waals surface area contributed by atoms with Gasteiger partial charge in [-0.25, -0.2) is 0 Å². The van der Waals surface area contributed by atoms with Crippen molar-refractivity contribution in [1.29, 1.82) is 0 Å². The van der Waals surface area contributed by atoms with E-state index in [4.69, 9.17) is 4.74 Å². The molecule has 1 saturated heterocycles. The summed E-state index contributed by atoms with van der Waals surface area (Å²) in [5, 5.41) is 10.9. The van der Waals surface area contributed by atoms with Crippen LogP contribution in [0.25, 0.3) is 0 Å². The largest absolute Gasteiger partial charge is 0.377 e. The molecule has 1 aromatic carbocycles. The summed E-state index contributed by atoms with van der Waals surface area (Å²) in [6, 6.07) is 4.39. The van der Waals surface area contributed by atoms with Gasteiger partial charge >= 0.3 is 0 Å². The highest BCUT2D eigenvalue weighted by atomic mass is 79.9. The van der Waals surface area contributed by atoms with Crippen LogP contribution in [-0.4, -0.2) is 41.5 Å². The average molecular weight is 329 g/mol. The fourth-order valence-electron chi connectivity index (χ4n) is 1.98. The van der Waals surface area contributed by atoms with Gasteiger partial charge in [0.15, 0.2) is 0 Å². The second-order valence-corrected chi connectivity index (χ2v) is 5.20. The van der Waals surface area contributed by atoms with Crippen molar-refractivity contribution in [1.82, 2.24) is 4.90 Å². The van der Waals surface area contributed by atoms with Gasteiger partial charge in [0.2, 0.25) is 0 Å². The fraction of sp³-hybridized carbons (Fsp3) is 0.417. The van der Waals surface area contributed by atoms with Crippen LogP contribution in [0.2, 0.25) is 0 Å². The van der Waals surface area contributed by atoms with E-state index in [1.165, 1.54) is 12.1 Å². The Morgan fingerprint density at radius 2 is 2.32 bits per heavy atom. The summed E-state index contributed by atoms with van der Waals surface area (Å²) in [5.41, 5.74) is 0.218. The lowest BCUT2D eigenvalue weighted by Gasteiger charge is -2.33. The van der Waals surface area contributed by atoms with Gasteiger partial charge in [-0.05, 0) is 35.0 Å². The summed E-state index contributed by atoms with van der Waals surface area (Å²) in [6.45, 7) is 3.38. The highest BCUT2D eigenvalue weighted by molar-refractivity contribution is 9.10. The molecule has 1 aliphatic heterocycles. The number of carbonyl (C=O) groups is 1. The van der Waals surface area contributed by atoms with Gasteiger partial charge in [0, 0.05) is 18.2 Å². The minimum Gasteiger partial charge on any atom is -0.377 e. The summed E-state index contributed by atoms with van der Waals surface area (Å²) < 4.78 is 5.63. The quantitative estimate of drug-likeness (QED) is 0.616. The van der Waals surface area contributed by atoms with E-state index in [-0.39, 0.29) is 17.6 Å². The summed E-state index contributed by atoms with van der Waals surface area (Å²) in [5.74, 6) is -0.202. The van der Waals surface area contributed by atoms with Gasteiger partial charge in [-0.15, -0.1) is 0 Å². The molecule has 1 aliphatic rings. The zero-order chi connectivity index (χ0) is 14.0. The molecule has 6 nitrogen and oxygen atoms in total. The zero-order valence-electron chi connectivity index (χ0n) is 10.3. The molecule has 0 radical (unpaired) electrons. The summed E-state index contributed by atoms with van der Waals surface area (Å²) in [6.07, 6.45) is 0. The number of amides is 1. The summed E-state index contributed by atoms with van der Waals surface area (Å²) in [4.78, 5) is 24.4. The third kappa shape index (κ3) is 2.93. The van der Waals surface area contributed by atoms with Crippen molar-refractivity contribution in [3.63, 3.8) is 0 Å². The van der Waals surface area contributed by atoms with Gasteiger partial charge < -0.3 is 9.64 Å². The van der Waals surface area contributed by atoms with Gasteiger partial charge in [-0.1, -0.05) is 0 Å². The molecule has 102 valence electrons. The molecule has 0 spiro atoms. The van der Waals surface area contributed by atoms with Crippen LogP contribution in [0, 0.1) is 10.1 Å². The minimum atomic E-state index is -0.510. The lowest BCUT2D eigenvalue weighted by atomic mass is 10.1. The van der Waals surface area contributed by atoms with E-state index in [1.807, 2.05) is 6.92 Å². The first-order chi connectivity index (χ1) is 9.00. The third-order valence-corrected chi connectivity index (χ3v) is 3.69. The number of nitro groups is 1. The minimum absolute atomic E-state index is 0.0241. The molecule has 0 bridgehead atoms. The van der Waals surface area contributed by atoms with Crippen LogP contribution in [0.15, 0.2) is 22.7 Å². The van der Waals surface area contributed by atoms with E-state index in [0.29, 0.717) is 29.8 Å². The smallest absolute Gasteiger partial charge is 0.284 e. The normalized spacial score (nSPS) is 19.3. The van der Waals surface area contributed by atoms with Crippen LogP contribution in [0.1, 0.15) is 17.3 Å². The second-order valence-electron chi connectivity index (χ2n) is 4.35. The van der Waals surface area contributed by atoms with E-state index in [1.54, 1.807) is 11.0 Å². The second kappa shape index (κ2) is 5.66. The molecule has 0 N–H and O–H groups in total. The number of benzene rings is 1. The van der Waals surface area contributed by atoms with Gasteiger partial charge in [0.25, 0.3) is 11.6 Å². The van der Waals surface area contributed by atoms with Gasteiger partial charge in [0.05, 0.1) is 28.7 Å². The van der Waals surface area contributed by atoms with Crippen molar-refractivity contribution < 1.29 is 14.5 Å². The van der Waals surface area contributed by atoms with Crippen molar-refractivity contribution in [3.05, 3.63) is 38.3 Å². The highest BCUT2D eigenvalue weighted by Gasteiger charge is 2.26. The Labute approximate surface area is 118 Å². The number of halogens is 1. The molecule has 1 amide bonds. The van der Waals surface area contributed by atoms with E-state index < -0.39 is 4.92 Å². The van der Waals surface area contributed by atoms with Crippen LogP contribution in [0.4, 0.5) is 5.69 Å². The maximum absolute atomic E-state index is 12.3. The molecule has 1 unspecified atom stereocenters. The molecule has 1 heterocycles. The number of ether oxygens (including phenoxy) is 1. The molecule has 7 heteroatoms. The molecule has 1 atom stereocenters. The summed E-state index contributed by atoms with van der Waals surface area (Å²) in [7, 11) is 0. The number of rotatable bonds is 2. The van der Waals surface area contributed by atoms with Crippen LogP contribution >= 0.6 is 15.9 Å². The number of hydrogen-bond acceptors (Lipinski definition) is 4. The number of carbonyl (C=O) groups excluding carboxylic acids is 1. The lowest BCUT2D eigenvalue weighted by molar-refractivity contribution is -0.385. The molecular formula is C12H13BrN2O4. The van der Waals surface area contributed by atoms with Crippen LogP contribution in [-0.2, 0) is 4.74 Å². The number of nitrogens with zero attached hydrogens (tertiary/aromatic N) is 2.